The molecule has 0 amide bonds. The van der Waals surface area contributed by atoms with E-state index in [0.717, 1.165) is 16.5 Å². The summed E-state index contributed by atoms with van der Waals surface area (Å²) in [4.78, 5) is 4.01. The monoisotopic (exact) mass is 192 g/mol. The van der Waals surface area contributed by atoms with Gasteiger partial charge in [0, 0.05) is 24.3 Å². The van der Waals surface area contributed by atoms with Crippen molar-refractivity contribution in [3.8, 4) is 0 Å². The third-order valence-electron chi connectivity index (χ3n) is 1.98. The normalized spacial score (nSPS) is 10.3. The molecule has 1 heterocycles. The largest absolute Gasteiger partial charge is 0.388 e. The number of rotatable bonds is 1. The van der Waals surface area contributed by atoms with Crippen LogP contribution < -0.4 is 5.32 Å². The van der Waals surface area contributed by atoms with E-state index >= 15 is 0 Å². The van der Waals surface area contributed by atoms with E-state index < -0.39 is 0 Å². The number of pyridine rings is 1. The van der Waals surface area contributed by atoms with Crippen molar-refractivity contribution in [3.63, 3.8) is 0 Å². The summed E-state index contributed by atoms with van der Waals surface area (Å²) in [6, 6.07) is 7.93. The van der Waals surface area contributed by atoms with E-state index in [1.54, 1.807) is 6.20 Å². The summed E-state index contributed by atoms with van der Waals surface area (Å²) in [5.74, 6) is 0. The van der Waals surface area contributed by atoms with Gasteiger partial charge in [-0.25, -0.2) is 4.98 Å². The Kier molecular flexibility index (Phi) is 2.07. The van der Waals surface area contributed by atoms with E-state index in [1.807, 2.05) is 31.3 Å². The van der Waals surface area contributed by atoms with Gasteiger partial charge in [-0.2, -0.15) is 0 Å². The lowest BCUT2D eigenvalue weighted by molar-refractivity contribution is 1.36. The Morgan fingerprint density at radius 3 is 2.85 bits per heavy atom. The minimum absolute atomic E-state index is 0.528. The first-order chi connectivity index (χ1) is 6.29. The fourth-order valence-electron chi connectivity index (χ4n) is 1.27. The minimum atomic E-state index is 0.528. The van der Waals surface area contributed by atoms with Gasteiger partial charge in [-0.1, -0.05) is 17.7 Å². The van der Waals surface area contributed by atoms with Gasteiger partial charge in [0.05, 0.1) is 0 Å². The average molecular weight is 193 g/mol. The van der Waals surface area contributed by atoms with Gasteiger partial charge in [0.1, 0.15) is 5.15 Å². The molecule has 0 aliphatic rings. The van der Waals surface area contributed by atoms with Crippen LogP contribution in [-0.4, -0.2) is 12.0 Å². The van der Waals surface area contributed by atoms with Crippen LogP contribution in [0.5, 0.6) is 0 Å². The van der Waals surface area contributed by atoms with Crippen molar-refractivity contribution in [2.45, 2.75) is 0 Å². The second-order valence-electron chi connectivity index (χ2n) is 2.82. The molecule has 0 saturated carbocycles. The molecule has 0 atom stereocenters. The highest BCUT2D eigenvalue weighted by atomic mass is 35.5. The van der Waals surface area contributed by atoms with Gasteiger partial charge in [-0.05, 0) is 23.6 Å². The SMILES string of the molecule is CNc1ccc2cnc(Cl)cc2c1. The van der Waals surface area contributed by atoms with Crippen molar-refractivity contribution in [1.82, 2.24) is 4.98 Å². The molecule has 0 spiro atoms. The molecule has 2 rings (SSSR count). The Morgan fingerprint density at radius 1 is 1.23 bits per heavy atom. The van der Waals surface area contributed by atoms with E-state index in [-0.39, 0.29) is 0 Å². The van der Waals surface area contributed by atoms with Gasteiger partial charge in [0.2, 0.25) is 0 Å². The standard InChI is InChI=1S/C10H9ClN2/c1-12-9-3-2-7-6-13-10(11)5-8(7)4-9/h2-6,12H,1H3. The van der Waals surface area contributed by atoms with Crippen LogP contribution in [-0.2, 0) is 0 Å². The molecule has 0 bridgehead atoms. The van der Waals surface area contributed by atoms with E-state index in [0.29, 0.717) is 5.15 Å². The average Bonchev–Trinajstić information content (AvgIpc) is 2.16. The van der Waals surface area contributed by atoms with Gasteiger partial charge >= 0.3 is 0 Å². The van der Waals surface area contributed by atoms with E-state index in [4.69, 9.17) is 11.6 Å². The molecular formula is C10H9ClN2. The number of halogens is 1. The van der Waals surface area contributed by atoms with Gasteiger partial charge in [0.15, 0.2) is 0 Å². The highest BCUT2D eigenvalue weighted by Gasteiger charge is 1.96. The lowest BCUT2D eigenvalue weighted by Crippen LogP contribution is -1.87. The van der Waals surface area contributed by atoms with Crippen LogP contribution >= 0.6 is 11.6 Å². The number of hydrogen-bond donors (Lipinski definition) is 1. The minimum Gasteiger partial charge on any atom is -0.388 e. The lowest BCUT2D eigenvalue weighted by Gasteiger charge is -2.02. The molecule has 2 nitrogen and oxygen atoms in total. The zero-order valence-electron chi connectivity index (χ0n) is 7.21. The number of aromatic nitrogens is 1. The van der Waals surface area contributed by atoms with Crippen molar-refractivity contribution in [2.75, 3.05) is 12.4 Å². The third-order valence-corrected chi connectivity index (χ3v) is 2.18. The summed E-state index contributed by atoms with van der Waals surface area (Å²) < 4.78 is 0. The predicted octanol–water partition coefficient (Wildman–Crippen LogP) is 2.93. The molecule has 1 aromatic heterocycles. The molecule has 0 radical (unpaired) electrons. The number of nitrogens with one attached hydrogen (secondary N) is 1. The van der Waals surface area contributed by atoms with Crippen LogP contribution in [0.15, 0.2) is 30.5 Å². The smallest absolute Gasteiger partial charge is 0.129 e. The lowest BCUT2D eigenvalue weighted by atomic mass is 10.1. The van der Waals surface area contributed by atoms with Crippen LogP contribution in [0.25, 0.3) is 10.8 Å². The molecular weight excluding hydrogens is 184 g/mol. The Bertz CT molecular complexity index is 440. The highest BCUT2D eigenvalue weighted by molar-refractivity contribution is 6.30. The topological polar surface area (TPSA) is 24.9 Å². The third kappa shape index (κ3) is 1.58. The van der Waals surface area contributed by atoms with Crippen LogP contribution in [0.3, 0.4) is 0 Å². The summed E-state index contributed by atoms with van der Waals surface area (Å²) >= 11 is 5.78. The van der Waals surface area contributed by atoms with E-state index in [1.165, 1.54) is 0 Å². The molecule has 0 unspecified atom stereocenters. The molecule has 0 aliphatic carbocycles. The van der Waals surface area contributed by atoms with Crippen LogP contribution in [0.2, 0.25) is 5.15 Å². The number of hydrogen-bond acceptors (Lipinski definition) is 2. The van der Waals surface area contributed by atoms with Crippen molar-refractivity contribution in [1.29, 1.82) is 0 Å². The number of anilines is 1. The predicted molar refractivity (Wildman–Crippen MR) is 56.3 cm³/mol. The summed E-state index contributed by atoms with van der Waals surface area (Å²) in [5.41, 5.74) is 1.08. The first-order valence-electron chi connectivity index (χ1n) is 4.02. The Morgan fingerprint density at radius 2 is 2.08 bits per heavy atom. The number of benzene rings is 1. The molecule has 2 aromatic rings. The Labute approximate surface area is 81.6 Å². The Balaban J connectivity index is 2.68. The maximum absolute atomic E-state index is 5.78. The molecule has 3 heteroatoms. The van der Waals surface area contributed by atoms with Crippen LogP contribution in [0.1, 0.15) is 0 Å². The molecule has 0 fully saturated rings. The highest BCUT2D eigenvalue weighted by Crippen LogP contribution is 2.20. The maximum atomic E-state index is 5.78. The molecule has 1 aromatic carbocycles. The summed E-state index contributed by atoms with van der Waals surface area (Å²) in [5, 5.41) is 5.81. The first kappa shape index (κ1) is 8.32. The van der Waals surface area contributed by atoms with Crippen molar-refractivity contribution >= 4 is 28.1 Å². The van der Waals surface area contributed by atoms with E-state index in [2.05, 4.69) is 10.3 Å². The fourth-order valence-corrected chi connectivity index (χ4v) is 1.44. The second kappa shape index (κ2) is 3.23. The summed E-state index contributed by atoms with van der Waals surface area (Å²) in [6.07, 6.45) is 1.77. The van der Waals surface area contributed by atoms with Crippen molar-refractivity contribution in [2.24, 2.45) is 0 Å². The molecule has 0 saturated heterocycles. The van der Waals surface area contributed by atoms with E-state index in [9.17, 15) is 0 Å². The van der Waals surface area contributed by atoms with Crippen molar-refractivity contribution < 1.29 is 0 Å². The first-order valence-corrected chi connectivity index (χ1v) is 4.40. The molecule has 1 N–H and O–H groups in total. The number of fused-ring (bicyclic) bond motifs is 1. The maximum Gasteiger partial charge on any atom is 0.129 e. The zero-order valence-corrected chi connectivity index (χ0v) is 7.97. The molecule has 66 valence electrons. The van der Waals surface area contributed by atoms with Crippen LogP contribution in [0, 0.1) is 0 Å². The zero-order chi connectivity index (χ0) is 9.26. The summed E-state index contributed by atoms with van der Waals surface area (Å²) in [6.45, 7) is 0. The fraction of sp³-hybridized carbons (Fsp3) is 0.100. The van der Waals surface area contributed by atoms with Crippen LogP contribution in [0.4, 0.5) is 5.69 Å². The van der Waals surface area contributed by atoms with Crippen molar-refractivity contribution in [3.05, 3.63) is 35.6 Å². The second-order valence-corrected chi connectivity index (χ2v) is 3.21. The number of nitrogens with zero attached hydrogens (tertiary/aromatic N) is 1. The summed E-state index contributed by atoms with van der Waals surface area (Å²) in [7, 11) is 1.89. The molecule has 0 aliphatic heterocycles. The quantitative estimate of drug-likeness (QED) is 0.703. The van der Waals surface area contributed by atoms with Gasteiger partial charge < -0.3 is 5.32 Å². The van der Waals surface area contributed by atoms with Gasteiger partial charge in [-0.15, -0.1) is 0 Å². The van der Waals surface area contributed by atoms with Gasteiger partial charge in [-0.3, -0.25) is 0 Å². The van der Waals surface area contributed by atoms with Gasteiger partial charge in [0.25, 0.3) is 0 Å². The Hall–Kier alpha value is -1.28. The molecule has 13 heavy (non-hydrogen) atoms.